The van der Waals surface area contributed by atoms with E-state index in [-0.39, 0.29) is 16.8 Å². The molecule has 0 aliphatic heterocycles. The third-order valence-electron chi connectivity index (χ3n) is 4.46. The summed E-state index contributed by atoms with van der Waals surface area (Å²) in [5.74, 6) is 0.508. The molecule has 0 spiro atoms. The van der Waals surface area contributed by atoms with Crippen molar-refractivity contribution in [1.82, 2.24) is 14.8 Å². The number of aryl methyl sites for hydroxylation is 2. The van der Waals surface area contributed by atoms with Crippen LogP contribution in [0, 0.1) is 13.8 Å². The Bertz CT molecular complexity index is 1060. The van der Waals surface area contributed by atoms with Gasteiger partial charge in [-0.2, -0.15) is 5.10 Å². The maximum absolute atomic E-state index is 13.0. The minimum Gasteiger partial charge on any atom is -0.482 e. The average Bonchev–Trinajstić information content (AvgIpc) is 2.98. The van der Waals surface area contributed by atoms with E-state index in [0.29, 0.717) is 23.7 Å². The van der Waals surface area contributed by atoms with Crippen molar-refractivity contribution in [3.8, 4) is 5.75 Å². The zero-order chi connectivity index (χ0) is 20.3. The summed E-state index contributed by atoms with van der Waals surface area (Å²) in [6.45, 7) is 7.83. The Morgan fingerprint density at radius 3 is 2.50 bits per heavy atom. The molecule has 28 heavy (non-hydrogen) atoms. The predicted octanol–water partition coefficient (Wildman–Crippen LogP) is 3.86. The normalized spacial score (nSPS) is 12.6. The summed E-state index contributed by atoms with van der Waals surface area (Å²) in [6, 6.07) is 13.1. The molecule has 0 aliphatic rings. The molecule has 0 saturated carbocycles. The van der Waals surface area contributed by atoms with Gasteiger partial charge in [0.2, 0.25) is 0 Å². The van der Waals surface area contributed by atoms with E-state index in [2.05, 4.69) is 14.8 Å². The van der Waals surface area contributed by atoms with Crippen molar-refractivity contribution in [3.63, 3.8) is 0 Å². The van der Waals surface area contributed by atoms with Crippen LogP contribution >= 0.6 is 0 Å². The molecule has 0 fully saturated rings. The fourth-order valence-corrected chi connectivity index (χ4v) is 4.53. The molecule has 1 atom stereocenters. The summed E-state index contributed by atoms with van der Waals surface area (Å²) in [7, 11) is -3.86. The monoisotopic (exact) mass is 400 g/mol. The van der Waals surface area contributed by atoms with Crippen LogP contribution in [-0.4, -0.2) is 23.2 Å². The molecule has 2 aromatic heterocycles. The zero-order valence-corrected chi connectivity index (χ0v) is 17.2. The predicted molar refractivity (Wildman–Crippen MR) is 108 cm³/mol. The van der Waals surface area contributed by atoms with Gasteiger partial charge >= 0.3 is 0 Å². The van der Waals surface area contributed by atoms with Crippen molar-refractivity contribution in [2.45, 2.75) is 45.2 Å². The summed E-state index contributed by atoms with van der Waals surface area (Å²) in [5, 5.41) is 4.29. The van der Waals surface area contributed by atoms with Gasteiger partial charge in [-0.05, 0) is 45.4 Å². The molecule has 7 nitrogen and oxygen atoms in total. The van der Waals surface area contributed by atoms with E-state index in [0.717, 1.165) is 5.56 Å². The van der Waals surface area contributed by atoms with Crippen LogP contribution in [0.4, 0.5) is 5.82 Å². The quantitative estimate of drug-likeness (QED) is 0.651. The Kier molecular flexibility index (Phi) is 5.69. The number of hydrogen-bond acceptors (Lipinski definition) is 5. The number of ether oxygens (including phenoxy) is 1. The van der Waals surface area contributed by atoms with Gasteiger partial charge in [0.1, 0.15) is 11.0 Å². The first-order valence-corrected chi connectivity index (χ1v) is 10.5. The highest BCUT2D eigenvalue weighted by atomic mass is 32.2. The van der Waals surface area contributed by atoms with Crippen LogP contribution in [0.25, 0.3) is 0 Å². The molecule has 8 heteroatoms. The molecule has 0 radical (unpaired) electrons. The highest BCUT2D eigenvalue weighted by Gasteiger charge is 2.26. The van der Waals surface area contributed by atoms with Crippen LogP contribution in [0.3, 0.4) is 0 Å². The van der Waals surface area contributed by atoms with E-state index in [1.807, 2.05) is 44.2 Å². The van der Waals surface area contributed by atoms with E-state index < -0.39 is 10.0 Å². The van der Waals surface area contributed by atoms with E-state index in [4.69, 9.17) is 4.74 Å². The number of rotatable bonds is 7. The van der Waals surface area contributed by atoms with E-state index in [1.165, 1.54) is 6.20 Å². The number of aromatic nitrogens is 3. The third-order valence-corrected chi connectivity index (χ3v) is 6.05. The van der Waals surface area contributed by atoms with Crippen LogP contribution in [0.15, 0.2) is 53.6 Å². The van der Waals surface area contributed by atoms with Gasteiger partial charge in [0.15, 0.2) is 11.6 Å². The zero-order valence-electron chi connectivity index (χ0n) is 16.4. The number of nitrogens with one attached hydrogen (secondary N) is 1. The molecule has 3 rings (SSSR count). The Morgan fingerprint density at radius 2 is 1.86 bits per heavy atom. The lowest BCUT2D eigenvalue weighted by Gasteiger charge is -2.18. The number of anilines is 1. The molecule has 1 N–H and O–H groups in total. The molecule has 148 valence electrons. The van der Waals surface area contributed by atoms with Gasteiger partial charge < -0.3 is 4.74 Å². The van der Waals surface area contributed by atoms with Crippen molar-refractivity contribution in [2.24, 2.45) is 0 Å². The summed E-state index contributed by atoms with van der Waals surface area (Å²) in [4.78, 5) is 4.35. The van der Waals surface area contributed by atoms with E-state index >= 15 is 0 Å². The number of benzene rings is 1. The fourth-order valence-electron chi connectivity index (χ4n) is 3.10. The molecular formula is C20H24N4O3S. The Balaban J connectivity index is 1.90. The fraction of sp³-hybridized carbons (Fsp3) is 0.300. The highest BCUT2D eigenvalue weighted by molar-refractivity contribution is 7.92. The number of hydrogen-bond donors (Lipinski definition) is 1. The molecule has 0 amide bonds. The molecule has 0 bridgehead atoms. The molecule has 1 aromatic carbocycles. The summed E-state index contributed by atoms with van der Waals surface area (Å²) < 4.78 is 36.3. The maximum atomic E-state index is 13.0. The first kappa shape index (κ1) is 19.9. The second-order valence-corrected chi connectivity index (χ2v) is 8.06. The van der Waals surface area contributed by atoms with Crippen LogP contribution in [0.5, 0.6) is 5.75 Å². The first-order valence-electron chi connectivity index (χ1n) is 9.07. The van der Waals surface area contributed by atoms with Crippen LogP contribution < -0.4 is 9.46 Å². The second kappa shape index (κ2) is 8.02. The highest BCUT2D eigenvalue weighted by Crippen LogP contribution is 2.30. The topological polar surface area (TPSA) is 86.1 Å². The lowest BCUT2D eigenvalue weighted by atomic mass is 10.1. The molecule has 0 aliphatic carbocycles. The minimum absolute atomic E-state index is 0.147. The number of sulfonamides is 1. The third kappa shape index (κ3) is 4.01. The largest absolute Gasteiger partial charge is 0.482 e. The van der Waals surface area contributed by atoms with Gasteiger partial charge in [0.25, 0.3) is 10.0 Å². The molecule has 0 unspecified atom stereocenters. The maximum Gasteiger partial charge on any atom is 0.266 e. The van der Waals surface area contributed by atoms with Crippen LogP contribution in [0.2, 0.25) is 0 Å². The molecule has 2 heterocycles. The lowest BCUT2D eigenvalue weighted by Crippen LogP contribution is -2.17. The lowest BCUT2D eigenvalue weighted by molar-refractivity contribution is 0.227. The van der Waals surface area contributed by atoms with Gasteiger partial charge in [0, 0.05) is 12.7 Å². The Labute approximate surface area is 165 Å². The Morgan fingerprint density at radius 1 is 1.14 bits per heavy atom. The number of nitrogens with zero attached hydrogens (tertiary/aromatic N) is 3. The average molecular weight is 401 g/mol. The van der Waals surface area contributed by atoms with Gasteiger partial charge in [-0.3, -0.25) is 9.40 Å². The smallest absolute Gasteiger partial charge is 0.266 e. The van der Waals surface area contributed by atoms with Crippen molar-refractivity contribution < 1.29 is 13.2 Å². The minimum atomic E-state index is -3.86. The molecular weight excluding hydrogens is 376 g/mol. The van der Waals surface area contributed by atoms with Gasteiger partial charge in [-0.1, -0.05) is 30.3 Å². The second-order valence-electron chi connectivity index (χ2n) is 6.44. The number of pyridine rings is 1. The van der Waals surface area contributed by atoms with Crippen molar-refractivity contribution in [2.75, 3.05) is 4.72 Å². The molecule has 3 aromatic rings. The van der Waals surface area contributed by atoms with Gasteiger partial charge in [-0.25, -0.2) is 13.4 Å². The van der Waals surface area contributed by atoms with Crippen molar-refractivity contribution in [1.29, 1.82) is 0 Å². The van der Waals surface area contributed by atoms with Crippen LogP contribution in [-0.2, 0) is 16.6 Å². The van der Waals surface area contributed by atoms with E-state index in [1.54, 1.807) is 30.7 Å². The summed E-state index contributed by atoms with van der Waals surface area (Å²) in [5.41, 5.74) is 2.02. The standard InChI is InChI=1S/C20H24N4O3S/c1-5-24-15(3)19(14(2)22-24)28(25,26)23-20-18(12-9-13-21-20)27-16(4)17-10-7-6-8-11-17/h6-13,16H,5H2,1-4H3,(H,21,23)/t16-/m1/s1. The van der Waals surface area contributed by atoms with Gasteiger partial charge in [0.05, 0.1) is 11.4 Å². The SMILES string of the molecule is CCn1nc(C)c(S(=O)(=O)Nc2ncccc2O[C@H](C)c2ccccc2)c1C. The van der Waals surface area contributed by atoms with Crippen molar-refractivity contribution in [3.05, 3.63) is 65.6 Å². The van der Waals surface area contributed by atoms with Crippen LogP contribution in [0.1, 0.15) is 36.9 Å². The van der Waals surface area contributed by atoms with E-state index in [9.17, 15) is 8.42 Å². The summed E-state index contributed by atoms with van der Waals surface area (Å²) in [6.07, 6.45) is 1.26. The molecule has 0 saturated heterocycles. The summed E-state index contributed by atoms with van der Waals surface area (Å²) >= 11 is 0. The first-order chi connectivity index (χ1) is 13.3. The Hall–Kier alpha value is -2.87. The van der Waals surface area contributed by atoms with Crippen molar-refractivity contribution >= 4 is 15.8 Å². The van der Waals surface area contributed by atoms with Gasteiger partial charge in [-0.15, -0.1) is 0 Å².